The summed E-state index contributed by atoms with van der Waals surface area (Å²) >= 11 is 11.9. The highest BCUT2D eigenvalue weighted by atomic mass is 35.5. The van der Waals surface area contributed by atoms with Crippen molar-refractivity contribution in [2.45, 2.75) is 18.9 Å². The second-order valence-electron chi connectivity index (χ2n) is 4.12. The summed E-state index contributed by atoms with van der Waals surface area (Å²) in [4.78, 5) is 10.1. The van der Waals surface area contributed by atoms with Gasteiger partial charge in [-0.2, -0.15) is 0 Å². The summed E-state index contributed by atoms with van der Waals surface area (Å²) in [6, 6.07) is 2.32. The van der Waals surface area contributed by atoms with Gasteiger partial charge in [0.1, 0.15) is 0 Å². The van der Waals surface area contributed by atoms with Crippen LogP contribution in [0.4, 0.5) is 11.4 Å². The Balaban J connectivity index is 3.18. The fourth-order valence-electron chi connectivity index (χ4n) is 1.49. The van der Waals surface area contributed by atoms with Crippen LogP contribution in [0.2, 0.25) is 10.0 Å². The normalized spacial score (nSPS) is 11.4. The molecular formula is C11H14Cl2N2O4. The lowest BCUT2D eigenvalue weighted by atomic mass is 9.98. The first-order chi connectivity index (χ1) is 8.89. The number of nitro groups is 1. The Labute approximate surface area is 120 Å². The molecule has 8 heteroatoms. The highest BCUT2D eigenvalue weighted by molar-refractivity contribution is 6.39. The lowest BCUT2D eigenvalue weighted by molar-refractivity contribution is -0.384. The van der Waals surface area contributed by atoms with Gasteiger partial charge >= 0.3 is 0 Å². The molecule has 1 aromatic carbocycles. The third-order valence-corrected chi connectivity index (χ3v) is 3.51. The van der Waals surface area contributed by atoms with Crippen LogP contribution < -0.4 is 5.32 Å². The van der Waals surface area contributed by atoms with Crippen molar-refractivity contribution in [3.63, 3.8) is 0 Å². The van der Waals surface area contributed by atoms with Crippen molar-refractivity contribution in [1.82, 2.24) is 0 Å². The molecule has 0 unspecified atom stereocenters. The molecule has 0 aliphatic rings. The minimum Gasteiger partial charge on any atom is -0.394 e. The van der Waals surface area contributed by atoms with Gasteiger partial charge in [0, 0.05) is 12.1 Å². The smallest absolute Gasteiger partial charge is 0.272 e. The quantitative estimate of drug-likeness (QED) is 0.554. The number of hydrogen-bond acceptors (Lipinski definition) is 5. The van der Waals surface area contributed by atoms with Crippen molar-refractivity contribution in [3.05, 3.63) is 32.3 Å². The zero-order chi connectivity index (χ0) is 14.6. The van der Waals surface area contributed by atoms with E-state index in [4.69, 9.17) is 23.2 Å². The topological polar surface area (TPSA) is 95.6 Å². The number of benzene rings is 1. The largest absolute Gasteiger partial charge is 0.394 e. The highest BCUT2D eigenvalue weighted by Gasteiger charge is 2.28. The van der Waals surface area contributed by atoms with Gasteiger partial charge in [0.15, 0.2) is 0 Å². The highest BCUT2D eigenvalue weighted by Crippen LogP contribution is 2.36. The number of halogens is 2. The maximum absolute atomic E-state index is 10.7. The third kappa shape index (κ3) is 3.48. The third-order valence-electron chi connectivity index (χ3n) is 2.91. The number of rotatable bonds is 6. The molecule has 0 fully saturated rings. The molecular weight excluding hydrogens is 295 g/mol. The molecule has 19 heavy (non-hydrogen) atoms. The van der Waals surface area contributed by atoms with E-state index in [0.29, 0.717) is 6.42 Å². The number of nitrogens with zero attached hydrogens (tertiary/aromatic N) is 1. The van der Waals surface area contributed by atoms with Gasteiger partial charge in [-0.25, -0.2) is 0 Å². The Morgan fingerprint density at radius 3 is 2.11 bits per heavy atom. The summed E-state index contributed by atoms with van der Waals surface area (Å²) in [5, 5.41) is 32.3. The van der Waals surface area contributed by atoms with Gasteiger partial charge in [-0.1, -0.05) is 30.1 Å². The van der Waals surface area contributed by atoms with E-state index in [1.54, 1.807) is 6.92 Å². The Morgan fingerprint density at radius 1 is 1.32 bits per heavy atom. The fraction of sp³-hybridized carbons (Fsp3) is 0.455. The number of nitrogens with one attached hydrogen (secondary N) is 1. The zero-order valence-corrected chi connectivity index (χ0v) is 11.7. The van der Waals surface area contributed by atoms with E-state index in [1.807, 2.05) is 0 Å². The molecule has 0 atom stereocenters. The summed E-state index contributed by atoms with van der Waals surface area (Å²) in [7, 11) is 0. The number of hydrogen-bond donors (Lipinski definition) is 3. The lowest BCUT2D eigenvalue weighted by Gasteiger charge is -2.31. The van der Waals surface area contributed by atoms with Gasteiger partial charge in [-0.3, -0.25) is 10.1 Å². The van der Waals surface area contributed by atoms with Crippen molar-refractivity contribution in [3.8, 4) is 0 Å². The van der Waals surface area contributed by atoms with Crippen molar-refractivity contribution in [2.75, 3.05) is 18.5 Å². The molecule has 6 nitrogen and oxygen atoms in total. The second kappa shape index (κ2) is 6.38. The standard InChI is InChI=1S/C11H14Cl2N2O4/c1-2-11(5-16,6-17)14-10-8(12)3-7(15(18)19)4-9(10)13/h3-4,14,16-17H,2,5-6H2,1H3. The molecule has 1 aromatic rings. The maximum atomic E-state index is 10.7. The number of aliphatic hydroxyl groups is 2. The van der Waals surface area contributed by atoms with E-state index < -0.39 is 10.5 Å². The van der Waals surface area contributed by atoms with Crippen LogP contribution in [0.15, 0.2) is 12.1 Å². The molecule has 0 spiro atoms. The zero-order valence-electron chi connectivity index (χ0n) is 10.2. The first-order valence-corrected chi connectivity index (χ1v) is 6.28. The predicted molar refractivity (Wildman–Crippen MR) is 73.9 cm³/mol. The van der Waals surface area contributed by atoms with Gasteiger partial charge in [-0.15, -0.1) is 0 Å². The minimum absolute atomic E-state index is 0.0546. The van der Waals surface area contributed by atoms with Crippen LogP contribution in [-0.4, -0.2) is 33.9 Å². The molecule has 0 aromatic heterocycles. The van der Waals surface area contributed by atoms with E-state index in [2.05, 4.69) is 5.32 Å². The molecule has 0 saturated heterocycles. The van der Waals surface area contributed by atoms with Gasteiger partial charge in [0.05, 0.1) is 39.4 Å². The molecule has 0 radical (unpaired) electrons. The van der Waals surface area contributed by atoms with Crippen molar-refractivity contribution in [1.29, 1.82) is 0 Å². The van der Waals surface area contributed by atoms with Gasteiger partial charge in [0.2, 0.25) is 0 Å². The minimum atomic E-state index is -0.983. The Bertz CT molecular complexity index is 446. The molecule has 0 saturated carbocycles. The molecule has 0 amide bonds. The molecule has 0 aliphatic heterocycles. The summed E-state index contributed by atoms with van der Waals surface area (Å²) < 4.78 is 0. The van der Waals surface area contributed by atoms with Crippen LogP contribution in [0, 0.1) is 10.1 Å². The average molecular weight is 309 g/mol. The Kier molecular flexibility index (Phi) is 5.37. The van der Waals surface area contributed by atoms with E-state index in [9.17, 15) is 20.3 Å². The van der Waals surface area contributed by atoms with Crippen LogP contribution in [0.3, 0.4) is 0 Å². The van der Waals surface area contributed by atoms with E-state index >= 15 is 0 Å². The Hall–Kier alpha value is -1.08. The number of anilines is 1. The van der Waals surface area contributed by atoms with E-state index in [0.717, 1.165) is 12.1 Å². The predicted octanol–water partition coefficient (Wildman–Crippen LogP) is 2.45. The SMILES string of the molecule is CCC(CO)(CO)Nc1c(Cl)cc([N+](=O)[O-])cc1Cl. The number of aliphatic hydroxyl groups excluding tert-OH is 2. The second-order valence-corrected chi connectivity index (χ2v) is 4.93. The molecule has 0 heterocycles. The van der Waals surface area contributed by atoms with Gasteiger partial charge < -0.3 is 15.5 Å². The fourth-order valence-corrected chi connectivity index (χ4v) is 2.06. The molecule has 0 bridgehead atoms. The summed E-state index contributed by atoms with van der Waals surface area (Å²) in [6.07, 6.45) is 0.420. The molecule has 3 N–H and O–H groups in total. The van der Waals surface area contributed by atoms with Crippen LogP contribution in [-0.2, 0) is 0 Å². The van der Waals surface area contributed by atoms with E-state index in [-0.39, 0.29) is 34.6 Å². The first-order valence-electron chi connectivity index (χ1n) is 5.52. The van der Waals surface area contributed by atoms with Gasteiger partial charge in [-0.05, 0) is 6.42 Å². The maximum Gasteiger partial charge on any atom is 0.272 e. The molecule has 1 rings (SSSR count). The van der Waals surface area contributed by atoms with Crippen LogP contribution >= 0.6 is 23.2 Å². The summed E-state index contributed by atoms with van der Waals surface area (Å²) in [5.41, 5.74) is -0.960. The van der Waals surface area contributed by atoms with E-state index in [1.165, 1.54) is 0 Å². The van der Waals surface area contributed by atoms with Crippen LogP contribution in [0.1, 0.15) is 13.3 Å². The van der Waals surface area contributed by atoms with Gasteiger partial charge in [0.25, 0.3) is 5.69 Å². The molecule has 106 valence electrons. The van der Waals surface area contributed by atoms with Crippen molar-refractivity contribution < 1.29 is 15.1 Å². The monoisotopic (exact) mass is 308 g/mol. The van der Waals surface area contributed by atoms with Crippen molar-refractivity contribution in [2.24, 2.45) is 0 Å². The molecule has 0 aliphatic carbocycles. The van der Waals surface area contributed by atoms with Crippen molar-refractivity contribution >= 4 is 34.6 Å². The number of nitro benzene ring substituents is 1. The first kappa shape index (κ1) is 16.0. The average Bonchev–Trinajstić information content (AvgIpc) is 2.39. The summed E-state index contributed by atoms with van der Waals surface area (Å²) in [6.45, 7) is 1.11. The summed E-state index contributed by atoms with van der Waals surface area (Å²) in [5.74, 6) is 0. The Morgan fingerprint density at radius 2 is 1.79 bits per heavy atom. The number of non-ortho nitro benzene ring substituents is 1. The van der Waals surface area contributed by atoms with Crippen LogP contribution in [0.25, 0.3) is 0 Å². The van der Waals surface area contributed by atoms with Crippen LogP contribution in [0.5, 0.6) is 0 Å². The lowest BCUT2D eigenvalue weighted by Crippen LogP contribution is -2.45.